The number of ketones is 1. The van der Waals surface area contributed by atoms with E-state index in [9.17, 15) is 27.6 Å². The number of Topliss-reactive ketones (excluding diaryl/α,β-unsaturated/α-hetero) is 1. The van der Waals surface area contributed by atoms with Gasteiger partial charge in [-0.3, -0.25) is 9.59 Å². The molecule has 1 aromatic carbocycles. The van der Waals surface area contributed by atoms with Crippen molar-refractivity contribution in [2.45, 2.75) is 25.7 Å². The standard InChI is InChI=1S/C18H17F3N2O5/c1-3-27-16(26)17(18(19,20)21,23-15(25)14-8-5-9-28-14)22-13-7-4-6-12(10-13)11(2)24/h4-10,22H,3H2,1-2H3,(H,23,25)/t17-/m1/s1. The molecule has 28 heavy (non-hydrogen) atoms. The lowest BCUT2D eigenvalue weighted by Crippen LogP contribution is -2.69. The zero-order valence-corrected chi connectivity index (χ0v) is 14.9. The smallest absolute Gasteiger partial charge is 0.441 e. The van der Waals surface area contributed by atoms with Crippen molar-refractivity contribution in [3.63, 3.8) is 0 Å². The first-order valence-electron chi connectivity index (χ1n) is 8.10. The Kier molecular flexibility index (Phi) is 6.12. The Morgan fingerprint density at radius 3 is 2.39 bits per heavy atom. The summed E-state index contributed by atoms with van der Waals surface area (Å²) in [6.45, 7) is 2.20. The van der Waals surface area contributed by atoms with E-state index >= 15 is 0 Å². The molecule has 0 bridgehead atoms. The molecule has 7 nitrogen and oxygen atoms in total. The molecular formula is C18H17F3N2O5. The fourth-order valence-corrected chi connectivity index (χ4v) is 2.30. The first-order chi connectivity index (χ1) is 13.1. The largest absolute Gasteiger partial charge is 0.463 e. The molecule has 1 atom stereocenters. The van der Waals surface area contributed by atoms with Crippen LogP contribution in [0.5, 0.6) is 0 Å². The Labute approximate surface area is 157 Å². The third kappa shape index (κ3) is 4.33. The van der Waals surface area contributed by atoms with Crippen LogP contribution in [-0.2, 0) is 9.53 Å². The summed E-state index contributed by atoms with van der Waals surface area (Å²) < 4.78 is 51.4. The van der Waals surface area contributed by atoms with Crippen molar-refractivity contribution < 1.29 is 36.7 Å². The lowest BCUT2D eigenvalue weighted by molar-refractivity contribution is -0.204. The quantitative estimate of drug-likeness (QED) is 0.423. The highest BCUT2D eigenvalue weighted by Crippen LogP contribution is 2.33. The summed E-state index contributed by atoms with van der Waals surface area (Å²) in [5.74, 6) is -3.88. The van der Waals surface area contributed by atoms with E-state index < -0.39 is 35.3 Å². The highest BCUT2D eigenvalue weighted by Gasteiger charge is 2.63. The van der Waals surface area contributed by atoms with Crippen molar-refractivity contribution in [3.8, 4) is 0 Å². The van der Waals surface area contributed by atoms with E-state index in [4.69, 9.17) is 4.42 Å². The van der Waals surface area contributed by atoms with E-state index in [1.165, 1.54) is 38.1 Å². The maximum atomic E-state index is 14.0. The molecule has 0 unspecified atom stereocenters. The predicted octanol–water partition coefficient (Wildman–Crippen LogP) is 3.15. The number of anilines is 1. The van der Waals surface area contributed by atoms with Gasteiger partial charge in [-0.2, -0.15) is 13.2 Å². The molecule has 1 aromatic heterocycles. The van der Waals surface area contributed by atoms with Crippen molar-refractivity contribution in [1.29, 1.82) is 0 Å². The van der Waals surface area contributed by atoms with Crippen LogP contribution < -0.4 is 10.6 Å². The molecule has 0 aliphatic rings. The van der Waals surface area contributed by atoms with Gasteiger partial charge in [-0.05, 0) is 38.1 Å². The SMILES string of the molecule is CCOC(=O)[C@](NC(=O)c1ccco1)(Nc1cccc(C(C)=O)c1)C(F)(F)F. The van der Waals surface area contributed by atoms with Gasteiger partial charge in [0.25, 0.3) is 5.91 Å². The second-order valence-electron chi connectivity index (χ2n) is 5.66. The van der Waals surface area contributed by atoms with E-state index in [-0.39, 0.29) is 17.9 Å². The monoisotopic (exact) mass is 398 g/mol. The topological polar surface area (TPSA) is 97.6 Å². The van der Waals surface area contributed by atoms with Crippen LogP contribution in [0.3, 0.4) is 0 Å². The number of amides is 1. The molecule has 10 heteroatoms. The van der Waals surface area contributed by atoms with Crippen LogP contribution in [0.1, 0.15) is 34.8 Å². The molecule has 0 radical (unpaired) electrons. The molecule has 0 fully saturated rings. The summed E-state index contributed by atoms with van der Waals surface area (Å²) >= 11 is 0. The fraction of sp³-hybridized carbons (Fsp3) is 0.278. The summed E-state index contributed by atoms with van der Waals surface area (Å²) in [4.78, 5) is 36.1. The molecule has 1 amide bonds. The minimum atomic E-state index is -5.30. The number of hydrogen-bond donors (Lipinski definition) is 2. The number of ether oxygens (including phenoxy) is 1. The fourth-order valence-electron chi connectivity index (χ4n) is 2.30. The zero-order valence-electron chi connectivity index (χ0n) is 14.9. The summed E-state index contributed by atoms with van der Waals surface area (Å²) in [5.41, 5.74) is -3.72. The predicted molar refractivity (Wildman–Crippen MR) is 91.7 cm³/mol. The van der Waals surface area contributed by atoms with E-state index in [1.807, 2.05) is 5.32 Å². The maximum absolute atomic E-state index is 14.0. The Bertz CT molecular complexity index is 864. The van der Waals surface area contributed by atoms with Gasteiger partial charge in [0.1, 0.15) is 0 Å². The van der Waals surface area contributed by atoms with Crippen LogP contribution in [0, 0.1) is 0 Å². The number of nitrogens with one attached hydrogen (secondary N) is 2. The van der Waals surface area contributed by atoms with Crippen molar-refractivity contribution in [2.24, 2.45) is 0 Å². The third-order valence-corrected chi connectivity index (χ3v) is 3.65. The molecule has 1 heterocycles. The summed E-state index contributed by atoms with van der Waals surface area (Å²) in [7, 11) is 0. The second kappa shape index (κ2) is 8.15. The van der Waals surface area contributed by atoms with Crippen LogP contribution in [0.2, 0.25) is 0 Å². The van der Waals surface area contributed by atoms with Gasteiger partial charge in [0.15, 0.2) is 11.5 Å². The lowest BCUT2D eigenvalue weighted by Gasteiger charge is -2.35. The van der Waals surface area contributed by atoms with Gasteiger partial charge in [0.2, 0.25) is 0 Å². The highest BCUT2D eigenvalue weighted by atomic mass is 19.4. The van der Waals surface area contributed by atoms with Gasteiger partial charge in [0.05, 0.1) is 12.9 Å². The highest BCUT2D eigenvalue weighted by molar-refractivity contribution is 5.98. The van der Waals surface area contributed by atoms with Gasteiger partial charge in [-0.25, -0.2) is 4.79 Å². The van der Waals surface area contributed by atoms with Crippen LogP contribution >= 0.6 is 0 Å². The Balaban J connectivity index is 2.52. The number of halogens is 3. The Morgan fingerprint density at radius 1 is 1.14 bits per heavy atom. The van der Waals surface area contributed by atoms with E-state index in [2.05, 4.69) is 4.74 Å². The first-order valence-corrected chi connectivity index (χ1v) is 8.10. The summed E-state index contributed by atoms with van der Waals surface area (Å²) in [6.07, 6.45) is -4.20. The number of carbonyl (C=O) groups excluding carboxylic acids is 3. The van der Waals surface area contributed by atoms with Crippen molar-refractivity contribution in [1.82, 2.24) is 5.32 Å². The number of hydrogen-bond acceptors (Lipinski definition) is 6. The van der Waals surface area contributed by atoms with Gasteiger partial charge in [-0.15, -0.1) is 0 Å². The minimum Gasteiger partial charge on any atom is -0.463 e. The number of esters is 1. The molecule has 150 valence electrons. The second-order valence-corrected chi connectivity index (χ2v) is 5.66. The van der Waals surface area contributed by atoms with Crippen molar-refractivity contribution in [2.75, 3.05) is 11.9 Å². The third-order valence-electron chi connectivity index (χ3n) is 3.65. The molecule has 2 aromatic rings. The number of furan rings is 1. The maximum Gasteiger partial charge on any atom is 0.441 e. The molecule has 0 saturated carbocycles. The number of carbonyl (C=O) groups is 3. The van der Waals surface area contributed by atoms with Gasteiger partial charge in [-0.1, -0.05) is 12.1 Å². The molecule has 0 aliphatic heterocycles. The van der Waals surface area contributed by atoms with Crippen molar-refractivity contribution in [3.05, 3.63) is 54.0 Å². The molecule has 0 spiro atoms. The molecule has 2 N–H and O–H groups in total. The van der Waals surface area contributed by atoms with Crippen LogP contribution in [-0.4, -0.2) is 36.1 Å². The Morgan fingerprint density at radius 2 is 1.86 bits per heavy atom. The van der Waals surface area contributed by atoms with Crippen LogP contribution in [0.25, 0.3) is 0 Å². The van der Waals surface area contributed by atoms with Gasteiger partial charge in [0, 0.05) is 11.3 Å². The number of benzene rings is 1. The molecular weight excluding hydrogens is 381 g/mol. The normalized spacial score (nSPS) is 13.3. The number of rotatable bonds is 7. The Hall–Kier alpha value is -3.30. The van der Waals surface area contributed by atoms with E-state index in [0.29, 0.717) is 0 Å². The van der Waals surface area contributed by atoms with E-state index in [0.717, 1.165) is 18.4 Å². The first kappa shape index (κ1) is 21.0. The van der Waals surface area contributed by atoms with Crippen LogP contribution in [0.4, 0.5) is 18.9 Å². The lowest BCUT2D eigenvalue weighted by atomic mass is 10.1. The van der Waals surface area contributed by atoms with Crippen molar-refractivity contribution >= 4 is 23.3 Å². The summed E-state index contributed by atoms with van der Waals surface area (Å²) in [5, 5.41) is 3.61. The van der Waals surface area contributed by atoms with Gasteiger partial charge >= 0.3 is 17.8 Å². The van der Waals surface area contributed by atoms with Crippen LogP contribution in [0.15, 0.2) is 47.1 Å². The molecule has 2 rings (SSSR count). The minimum absolute atomic E-state index is 0.113. The van der Waals surface area contributed by atoms with Gasteiger partial charge < -0.3 is 19.8 Å². The molecule has 0 aliphatic carbocycles. The number of alkyl halides is 3. The zero-order chi connectivity index (χ0) is 20.9. The molecule has 0 saturated heterocycles. The summed E-state index contributed by atoms with van der Waals surface area (Å²) in [6, 6.07) is 7.51. The average Bonchev–Trinajstić information content (AvgIpc) is 3.15. The average molecular weight is 398 g/mol. The van der Waals surface area contributed by atoms with E-state index in [1.54, 1.807) is 5.32 Å².